The van der Waals surface area contributed by atoms with Gasteiger partial charge in [0.2, 0.25) is 5.91 Å². The van der Waals surface area contributed by atoms with Crippen molar-refractivity contribution in [2.75, 3.05) is 5.75 Å². The molecule has 19 heavy (non-hydrogen) atoms. The second-order valence-electron chi connectivity index (χ2n) is 6.23. The lowest BCUT2D eigenvalue weighted by Crippen LogP contribution is -2.49. The fourth-order valence-electron chi connectivity index (χ4n) is 3.33. The van der Waals surface area contributed by atoms with Gasteiger partial charge in [-0.05, 0) is 24.7 Å². The van der Waals surface area contributed by atoms with Gasteiger partial charge in [0.05, 0.1) is 5.37 Å². The molecule has 0 aromatic rings. The minimum absolute atomic E-state index is 0.00564. The molecular formula is C14H23NO3S. The molecule has 5 heteroatoms. The molecule has 2 fully saturated rings. The van der Waals surface area contributed by atoms with E-state index in [1.165, 1.54) is 0 Å². The normalized spacial score (nSPS) is 33.6. The zero-order valence-corrected chi connectivity index (χ0v) is 12.7. The number of nitrogens with zero attached hydrogens (tertiary/aromatic N) is 1. The quantitative estimate of drug-likeness (QED) is 0.866. The maximum absolute atomic E-state index is 12.8. The molecule has 0 aromatic heterocycles. The van der Waals surface area contributed by atoms with E-state index in [1.807, 2.05) is 6.92 Å². The van der Waals surface area contributed by atoms with Crippen LogP contribution in [0.5, 0.6) is 0 Å². The number of hydrogen-bond donors (Lipinski definition) is 1. The van der Waals surface area contributed by atoms with Crippen molar-refractivity contribution >= 4 is 23.6 Å². The van der Waals surface area contributed by atoms with Crippen molar-refractivity contribution in [1.82, 2.24) is 4.90 Å². The number of rotatable bonds is 3. The van der Waals surface area contributed by atoms with Crippen LogP contribution in [0.25, 0.3) is 0 Å². The Bertz CT molecular complexity index is 383. The van der Waals surface area contributed by atoms with Gasteiger partial charge in [-0.25, -0.2) is 4.79 Å². The molecule has 1 amide bonds. The summed E-state index contributed by atoms with van der Waals surface area (Å²) in [5, 5.41) is 9.34. The first-order valence-corrected chi connectivity index (χ1v) is 8.10. The molecule has 1 saturated heterocycles. The summed E-state index contributed by atoms with van der Waals surface area (Å²) in [7, 11) is 0. The molecule has 0 radical (unpaired) electrons. The highest BCUT2D eigenvalue weighted by Crippen LogP contribution is 2.45. The van der Waals surface area contributed by atoms with Crippen LogP contribution >= 0.6 is 11.8 Å². The fourth-order valence-corrected chi connectivity index (χ4v) is 4.68. The van der Waals surface area contributed by atoms with Crippen LogP contribution in [0.15, 0.2) is 0 Å². The lowest BCUT2D eigenvalue weighted by molar-refractivity contribution is -0.152. The predicted molar refractivity (Wildman–Crippen MR) is 75.9 cm³/mol. The molecule has 1 aliphatic carbocycles. The number of amides is 1. The fraction of sp³-hybridized carbons (Fsp3) is 0.857. The largest absolute Gasteiger partial charge is 0.480 e. The Labute approximate surface area is 118 Å². The van der Waals surface area contributed by atoms with E-state index in [2.05, 4.69) is 13.8 Å². The molecule has 2 rings (SSSR count). The molecule has 1 N–H and O–H groups in total. The average molecular weight is 285 g/mol. The van der Waals surface area contributed by atoms with Crippen LogP contribution in [-0.4, -0.2) is 39.1 Å². The van der Waals surface area contributed by atoms with E-state index >= 15 is 0 Å². The van der Waals surface area contributed by atoms with Gasteiger partial charge in [-0.15, -0.1) is 11.8 Å². The number of hydrogen-bond acceptors (Lipinski definition) is 3. The SMILES string of the molecule is CCC1SCC(C(=O)O)N1C(=O)C1CCCC1(C)C. The summed E-state index contributed by atoms with van der Waals surface area (Å²) < 4.78 is 0. The molecule has 108 valence electrons. The van der Waals surface area contributed by atoms with E-state index in [1.54, 1.807) is 16.7 Å². The summed E-state index contributed by atoms with van der Waals surface area (Å²) in [6, 6.07) is -0.640. The standard InChI is InChI=1S/C14H23NO3S/c1-4-11-15(10(8-19-11)13(17)18)12(16)9-6-5-7-14(9,2)3/h9-11H,4-8H2,1-3H3,(H,17,18). The topological polar surface area (TPSA) is 57.6 Å². The van der Waals surface area contributed by atoms with Gasteiger partial charge in [-0.2, -0.15) is 0 Å². The molecule has 1 saturated carbocycles. The lowest BCUT2D eigenvalue weighted by Gasteiger charge is -2.34. The van der Waals surface area contributed by atoms with Crippen LogP contribution in [0, 0.1) is 11.3 Å². The highest BCUT2D eigenvalue weighted by Gasteiger charge is 2.47. The lowest BCUT2D eigenvalue weighted by atomic mass is 9.81. The molecule has 3 atom stereocenters. The molecule has 0 aromatic carbocycles. The summed E-state index contributed by atoms with van der Waals surface area (Å²) in [6.45, 7) is 6.27. The molecule has 4 nitrogen and oxygen atoms in total. The first-order valence-electron chi connectivity index (χ1n) is 7.05. The Kier molecular flexibility index (Phi) is 4.14. The van der Waals surface area contributed by atoms with Crippen LogP contribution < -0.4 is 0 Å². The average Bonchev–Trinajstić information content (AvgIpc) is 2.90. The molecule has 2 aliphatic rings. The summed E-state index contributed by atoms with van der Waals surface area (Å²) in [5.74, 6) is -0.298. The molecular weight excluding hydrogens is 262 g/mol. The van der Waals surface area contributed by atoms with E-state index in [0.717, 1.165) is 25.7 Å². The van der Waals surface area contributed by atoms with Gasteiger partial charge in [0, 0.05) is 11.7 Å². The minimum Gasteiger partial charge on any atom is -0.480 e. The van der Waals surface area contributed by atoms with Crippen molar-refractivity contribution in [2.24, 2.45) is 11.3 Å². The zero-order valence-electron chi connectivity index (χ0n) is 11.9. The maximum atomic E-state index is 12.8. The van der Waals surface area contributed by atoms with Crippen LogP contribution in [0.3, 0.4) is 0 Å². The van der Waals surface area contributed by atoms with Crippen molar-refractivity contribution < 1.29 is 14.7 Å². The van der Waals surface area contributed by atoms with Crippen molar-refractivity contribution in [3.8, 4) is 0 Å². The van der Waals surface area contributed by atoms with E-state index in [-0.39, 0.29) is 22.6 Å². The maximum Gasteiger partial charge on any atom is 0.327 e. The Morgan fingerprint density at radius 2 is 2.11 bits per heavy atom. The highest BCUT2D eigenvalue weighted by molar-refractivity contribution is 8.00. The van der Waals surface area contributed by atoms with Crippen molar-refractivity contribution in [3.63, 3.8) is 0 Å². The predicted octanol–water partition coefficient (Wildman–Crippen LogP) is 2.58. The molecule has 1 aliphatic heterocycles. The van der Waals surface area contributed by atoms with Gasteiger partial charge in [-0.3, -0.25) is 4.79 Å². The van der Waals surface area contributed by atoms with Crippen molar-refractivity contribution in [1.29, 1.82) is 0 Å². The van der Waals surface area contributed by atoms with Crippen LogP contribution in [-0.2, 0) is 9.59 Å². The Hall–Kier alpha value is -0.710. The third-order valence-corrected chi connectivity index (χ3v) is 5.99. The van der Waals surface area contributed by atoms with Gasteiger partial charge >= 0.3 is 5.97 Å². The third-order valence-electron chi connectivity index (χ3n) is 4.54. The van der Waals surface area contributed by atoms with Gasteiger partial charge in [0.25, 0.3) is 0 Å². The number of carbonyl (C=O) groups is 2. The monoisotopic (exact) mass is 285 g/mol. The second kappa shape index (κ2) is 5.35. The first-order chi connectivity index (χ1) is 8.88. The molecule has 1 heterocycles. The first kappa shape index (κ1) is 14.7. The smallest absolute Gasteiger partial charge is 0.327 e. The number of aliphatic carboxylic acids is 1. The highest BCUT2D eigenvalue weighted by atomic mass is 32.2. The van der Waals surface area contributed by atoms with E-state index in [4.69, 9.17) is 0 Å². The number of carboxylic acids is 1. The number of thioether (sulfide) groups is 1. The van der Waals surface area contributed by atoms with E-state index in [0.29, 0.717) is 5.75 Å². The van der Waals surface area contributed by atoms with E-state index < -0.39 is 12.0 Å². The van der Waals surface area contributed by atoms with Crippen LogP contribution in [0.2, 0.25) is 0 Å². The van der Waals surface area contributed by atoms with Gasteiger partial charge < -0.3 is 10.0 Å². The number of carboxylic acid groups (broad SMARTS) is 1. The molecule has 0 bridgehead atoms. The third kappa shape index (κ3) is 2.62. The van der Waals surface area contributed by atoms with Crippen molar-refractivity contribution in [2.45, 2.75) is 57.9 Å². The summed E-state index contributed by atoms with van der Waals surface area (Å²) in [6.07, 6.45) is 3.83. The van der Waals surface area contributed by atoms with Gasteiger partial charge in [0.15, 0.2) is 0 Å². The Balaban J connectivity index is 2.21. The van der Waals surface area contributed by atoms with Crippen LogP contribution in [0.4, 0.5) is 0 Å². The van der Waals surface area contributed by atoms with Gasteiger partial charge in [-0.1, -0.05) is 27.2 Å². The number of carbonyl (C=O) groups excluding carboxylic acids is 1. The van der Waals surface area contributed by atoms with Crippen LogP contribution in [0.1, 0.15) is 46.5 Å². The van der Waals surface area contributed by atoms with Gasteiger partial charge in [0.1, 0.15) is 6.04 Å². The second-order valence-corrected chi connectivity index (χ2v) is 7.44. The van der Waals surface area contributed by atoms with E-state index in [9.17, 15) is 14.7 Å². The molecule has 0 spiro atoms. The zero-order chi connectivity index (χ0) is 14.2. The Morgan fingerprint density at radius 3 is 2.58 bits per heavy atom. The summed E-state index contributed by atoms with van der Waals surface area (Å²) in [5.41, 5.74) is 0.00564. The Morgan fingerprint density at radius 1 is 1.42 bits per heavy atom. The summed E-state index contributed by atoms with van der Waals surface area (Å²) >= 11 is 1.60. The molecule has 3 unspecified atom stereocenters. The van der Waals surface area contributed by atoms with Crippen molar-refractivity contribution in [3.05, 3.63) is 0 Å². The minimum atomic E-state index is -0.868. The summed E-state index contributed by atoms with van der Waals surface area (Å²) in [4.78, 5) is 25.8.